The molecule has 1 N–H and O–H groups in total. The van der Waals surface area contributed by atoms with Gasteiger partial charge in [0.15, 0.2) is 0 Å². The van der Waals surface area contributed by atoms with Crippen LogP contribution >= 0.6 is 0 Å². The second kappa shape index (κ2) is 5.57. The monoisotopic (exact) mass is 224 g/mol. The van der Waals surface area contributed by atoms with Crippen molar-refractivity contribution in [3.63, 3.8) is 0 Å². The maximum atomic E-state index is 13.0. The lowest BCUT2D eigenvalue weighted by molar-refractivity contribution is 0.495. The van der Waals surface area contributed by atoms with Crippen molar-refractivity contribution < 1.29 is 8.78 Å². The Bertz CT molecular complexity index is 378. The van der Waals surface area contributed by atoms with Gasteiger partial charge in [-0.3, -0.25) is 5.32 Å². The molecule has 2 atom stereocenters. The van der Waals surface area contributed by atoms with E-state index in [0.717, 1.165) is 12.5 Å². The summed E-state index contributed by atoms with van der Waals surface area (Å²) in [4.78, 5) is 0. The summed E-state index contributed by atoms with van der Waals surface area (Å²) in [5.41, 5.74) is 0.320. The molecule has 0 radical (unpaired) electrons. The summed E-state index contributed by atoms with van der Waals surface area (Å²) in [6.45, 7) is 3.89. The smallest absolute Gasteiger partial charge is 0.126 e. The van der Waals surface area contributed by atoms with E-state index in [0.29, 0.717) is 5.56 Å². The molecule has 1 rings (SSSR count). The molecule has 0 saturated heterocycles. The van der Waals surface area contributed by atoms with Crippen molar-refractivity contribution in [1.82, 2.24) is 5.32 Å². The van der Waals surface area contributed by atoms with Crippen LogP contribution in [-0.4, -0.2) is 6.04 Å². The third-order valence-electron chi connectivity index (χ3n) is 2.41. The number of rotatable bonds is 4. The van der Waals surface area contributed by atoms with Gasteiger partial charge in [0.1, 0.15) is 17.7 Å². The minimum absolute atomic E-state index is 0.121. The van der Waals surface area contributed by atoms with E-state index in [1.165, 1.54) is 12.1 Å². The van der Waals surface area contributed by atoms with Crippen molar-refractivity contribution >= 4 is 0 Å². The highest BCUT2D eigenvalue weighted by atomic mass is 19.1. The number of hydrogen-bond donors (Lipinski definition) is 1. The molecule has 0 heterocycles. The Hall–Kier alpha value is -1.47. The average molecular weight is 224 g/mol. The zero-order chi connectivity index (χ0) is 12.1. The van der Waals surface area contributed by atoms with Crippen LogP contribution in [0.25, 0.3) is 0 Å². The summed E-state index contributed by atoms with van der Waals surface area (Å²) in [6.07, 6.45) is 0.843. The fourth-order valence-corrected chi connectivity index (χ4v) is 1.35. The molecular formula is C12H14F2N2. The van der Waals surface area contributed by atoms with Gasteiger partial charge in [-0.15, -0.1) is 0 Å². The topological polar surface area (TPSA) is 35.8 Å². The largest absolute Gasteiger partial charge is 0.296 e. The van der Waals surface area contributed by atoms with Gasteiger partial charge in [-0.2, -0.15) is 5.26 Å². The van der Waals surface area contributed by atoms with Crippen LogP contribution in [0.15, 0.2) is 18.2 Å². The lowest BCUT2D eigenvalue weighted by Crippen LogP contribution is -2.29. The van der Waals surface area contributed by atoms with Gasteiger partial charge in [0.2, 0.25) is 0 Å². The summed E-state index contributed by atoms with van der Waals surface area (Å²) in [5.74, 6) is -1.33. The van der Waals surface area contributed by atoms with E-state index in [2.05, 4.69) is 5.32 Å². The Kier molecular flexibility index (Phi) is 4.39. The Balaban J connectivity index is 2.91. The Morgan fingerprint density at radius 2 is 1.88 bits per heavy atom. The van der Waals surface area contributed by atoms with Gasteiger partial charge in [-0.05, 0) is 31.0 Å². The molecule has 0 amide bonds. The quantitative estimate of drug-likeness (QED) is 0.853. The predicted molar refractivity (Wildman–Crippen MR) is 57.6 cm³/mol. The molecule has 1 aromatic rings. The predicted octanol–water partition coefficient (Wildman–Crippen LogP) is 2.92. The van der Waals surface area contributed by atoms with E-state index in [-0.39, 0.29) is 6.04 Å². The molecule has 2 unspecified atom stereocenters. The molecular weight excluding hydrogens is 210 g/mol. The number of halogens is 2. The molecule has 0 aliphatic rings. The van der Waals surface area contributed by atoms with Crippen molar-refractivity contribution in [2.75, 3.05) is 0 Å². The maximum Gasteiger partial charge on any atom is 0.126 e. The first kappa shape index (κ1) is 12.6. The van der Waals surface area contributed by atoms with Crippen molar-refractivity contribution in [3.05, 3.63) is 35.4 Å². The molecule has 0 aliphatic heterocycles. The molecule has 86 valence electrons. The average Bonchev–Trinajstić information content (AvgIpc) is 2.24. The second-order valence-corrected chi connectivity index (χ2v) is 3.74. The molecule has 0 spiro atoms. The van der Waals surface area contributed by atoms with E-state index < -0.39 is 17.7 Å². The van der Waals surface area contributed by atoms with E-state index in [1.807, 2.05) is 19.9 Å². The van der Waals surface area contributed by atoms with Crippen LogP contribution in [0.2, 0.25) is 0 Å². The van der Waals surface area contributed by atoms with Crippen LogP contribution in [-0.2, 0) is 0 Å². The van der Waals surface area contributed by atoms with Crippen molar-refractivity contribution in [2.45, 2.75) is 32.4 Å². The standard InChI is InChI=1S/C12H14F2N2/c1-3-8(2)16-12(7-15)9-4-10(13)6-11(14)5-9/h4-6,8,12,16H,3H2,1-2H3. The van der Waals surface area contributed by atoms with Gasteiger partial charge in [-0.25, -0.2) is 8.78 Å². The maximum absolute atomic E-state index is 13.0. The van der Waals surface area contributed by atoms with Crippen LogP contribution in [0.4, 0.5) is 8.78 Å². The van der Waals surface area contributed by atoms with Crippen LogP contribution in [0.5, 0.6) is 0 Å². The molecule has 2 nitrogen and oxygen atoms in total. The van der Waals surface area contributed by atoms with E-state index >= 15 is 0 Å². The first-order chi connectivity index (χ1) is 7.56. The highest BCUT2D eigenvalue weighted by molar-refractivity contribution is 5.25. The SMILES string of the molecule is CCC(C)NC(C#N)c1cc(F)cc(F)c1. The fourth-order valence-electron chi connectivity index (χ4n) is 1.35. The lowest BCUT2D eigenvalue weighted by Gasteiger charge is -2.17. The molecule has 0 bridgehead atoms. The van der Waals surface area contributed by atoms with E-state index in [1.54, 1.807) is 0 Å². The molecule has 4 heteroatoms. The Morgan fingerprint density at radius 3 is 2.31 bits per heavy atom. The van der Waals surface area contributed by atoms with Crippen LogP contribution < -0.4 is 5.32 Å². The Morgan fingerprint density at radius 1 is 1.31 bits per heavy atom. The number of nitrogens with one attached hydrogen (secondary N) is 1. The summed E-state index contributed by atoms with van der Waals surface area (Å²) in [7, 11) is 0. The van der Waals surface area contributed by atoms with Crippen molar-refractivity contribution in [3.8, 4) is 6.07 Å². The molecule has 0 aromatic heterocycles. The van der Waals surface area contributed by atoms with Gasteiger partial charge >= 0.3 is 0 Å². The van der Waals surface area contributed by atoms with Gasteiger partial charge in [-0.1, -0.05) is 6.92 Å². The summed E-state index contributed by atoms with van der Waals surface area (Å²) >= 11 is 0. The molecule has 0 fully saturated rings. The first-order valence-electron chi connectivity index (χ1n) is 5.18. The molecule has 0 saturated carbocycles. The van der Waals surface area contributed by atoms with Crippen LogP contribution in [0.3, 0.4) is 0 Å². The zero-order valence-electron chi connectivity index (χ0n) is 9.30. The summed E-state index contributed by atoms with van der Waals surface area (Å²) < 4.78 is 25.9. The third kappa shape index (κ3) is 3.28. The number of nitriles is 1. The van der Waals surface area contributed by atoms with Crippen molar-refractivity contribution in [1.29, 1.82) is 5.26 Å². The number of benzene rings is 1. The normalized spacial score (nSPS) is 14.2. The van der Waals surface area contributed by atoms with Crippen LogP contribution in [0.1, 0.15) is 31.9 Å². The van der Waals surface area contributed by atoms with Gasteiger partial charge < -0.3 is 0 Å². The Labute approximate surface area is 93.9 Å². The number of hydrogen-bond acceptors (Lipinski definition) is 2. The fraction of sp³-hybridized carbons (Fsp3) is 0.417. The van der Waals surface area contributed by atoms with E-state index in [9.17, 15) is 8.78 Å². The first-order valence-corrected chi connectivity index (χ1v) is 5.18. The highest BCUT2D eigenvalue weighted by Gasteiger charge is 2.14. The molecule has 0 aliphatic carbocycles. The van der Waals surface area contributed by atoms with Crippen molar-refractivity contribution in [2.24, 2.45) is 0 Å². The summed E-state index contributed by atoms with van der Waals surface area (Å²) in [6, 6.07) is 4.57. The lowest BCUT2D eigenvalue weighted by atomic mass is 10.1. The van der Waals surface area contributed by atoms with Crippen LogP contribution in [0, 0.1) is 23.0 Å². The minimum Gasteiger partial charge on any atom is -0.296 e. The molecule has 16 heavy (non-hydrogen) atoms. The van der Waals surface area contributed by atoms with Gasteiger partial charge in [0.25, 0.3) is 0 Å². The van der Waals surface area contributed by atoms with E-state index in [4.69, 9.17) is 5.26 Å². The second-order valence-electron chi connectivity index (χ2n) is 3.74. The zero-order valence-corrected chi connectivity index (χ0v) is 9.30. The number of nitrogens with zero attached hydrogens (tertiary/aromatic N) is 1. The van der Waals surface area contributed by atoms with Gasteiger partial charge in [0.05, 0.1) is 6.07 Å². The minimum atomic E-state index is -0.680. The summed E-state index contributed by atoms with van der Waals surface area (Å²) in [5, 5.41) is 11.9. The highest BCUT2D eigenvalue weighted by Crippen LogP contribution is 2.16. The third-order valence-corrected chi connectivity index (χ3v) is 2.41. The molecule has 1 aromatic carbocycles. The van der Waals surface area contributed by atoms with Gasteiger partial charge in [0, 0.05) is 12.1 Å².